The van der Waals surface area contributed by atoms with Crippen LogP contribution in [0, 0.1) is 46.3 Å². The third kappa shape index (κ3) is 4.58. The number of carbonyl (C=O) groups excluding carboxylic acids is 1. The quantitative estimate of drug-likeness (QED) is 0.369. The lowest BCUT2D eigenvalue weighted by molar-refractivity contribution is -0.138. The third-order valence-corrected chi connectivity index (χ3v) is 13.0. The van der Waals surface area contributed by atoms with Crippen LogP contribution in [0.5, 0.6) is 0 Å². The van der Waals surface area contributed by atoms with Crippen molar-refractivity contribution < 1.29 is 9.90 Å². The fourth-order valence-electron chi connectivity index (χ4n) is 9.85. The molecule has 36 heavy (non-hydrogen) atoms. The predicted octanol–water partition coefficient (Wildman–Crippen LogP) is 6.95. The van der Waals surface area contributed by atoms with Crippen molar-refractivity contribution in [2.45, 2.75) is 110 Å². The highest BCUT2D eigenvalue weighted by Gasteiger charge is 2.62. The molecule has 202 valence electrons. The Labute approximate surface area is 227 Å². The van der Waals surface area contributed by atoms with Crippen LogP contribution in [0.4, 0.5) is 0 Å². The number of aliphatic hydroxyl groups is 1. The van der Waals surface area contributed by atoms with Crippen molar-refractivity contribution in [1.82, 2.24) is 5.32 Å². The molecule has 4 fully saturated rings. The molecule has 4 aliphatic carbocycles. The number of hydrogen-bond acceptors (Lipinski definition) is 4. The van der Waals surface area contributed by atoms with Gasteiger partial charge in [0.1, 0.15) is 0 Å². The van der Waals surface area contributed by atoms with Crippen LogP contribution in [0.3, 0.4) is 0 Å². The van der Waals surface area contributed by atoms with E-state index in [1.54, 1.807) is 11.3 Å². The van der Waals surface area contributed by atoms with Crippen LogP contribution in [-0.2, 0) is 4.79 Å². The summed E-state index contributed by atoms with van der Waals surface area (Å²) in [7, 11) is 0. The van der Waals surface area contributed by atoms with Crippen molar-refractivity contribution in [2.24, 2.45) is 52.1 Å². The number of thiophene rings is 1. The van der Waals surface area contributed by atoms with Crippen molar-refractivity contribution >= 4 is 28.8 Å². The second-order valence-corrected chi connectivity index (χ2v) is 15.1. The Kier molecular flexibility index (Phi) is 7.62. The van der Waals surface area contributed by atoms with Crippen molar-refractivity contribution in [3.8, 4) is 0 Å². The van der Waals surface area contributed by atoms with Crippen molar-refractivity contribution in [3.63, 3.8) is 0 Å². The van der Waals surface area contributed by atoms with Crippen LogP contribution in [0.2, 0.25) is 4.34 Å². The number of nitrogens with two attached hydrogens (primary N) is 1. The monoisotopic (exact) mass is 534 g/mol. The Bertz CT molecular complexity index is 953. The number of carbonyl (C=O) groups is 1. The molecule has 1 aromatic heterocycles. The van der Waals surface area contributed by atoms with E-state index in [0.717, 1.165) is 41.3 Å². The van der Waals surface area contributed by atoms with Gasteiger partial charge in [0.15, 0.2) is 0 Å². The average Bonchev–Trinajstić information content (AvgIpc) is 3.41. The molecule has 1 heterocycles. The normalized spacial score (nSPS) is 43.7. The second-order valence-electron chi connectivity index (χ2n) is 13.4. The van der Waals surface area contributed by atoms with Gasteiger partial charge in [-0.15, -0.1) is 11.3 Å². The standard InChI is InChI=1S/C30H47ClN2O2S/c1-5-24(25-8-9-26(31)36-25)33-27(35)14-17(2)20-6-7-21-28-22(11-13-30(20,21)4)29(3)12-10-19(34)15-18(29)16-23(28)32/h8-9,17-24,28,34H,5-7,10-16,32H2,1-4H3,(H,33,35)/t17-,18+,19-,20?,21+,22+,23-,24-,28+,29+,30-/m1/s1. The van der Waals surface area contributed by atoms with Crippen LogP contribution in [-0.4, -0.2) is 23.2 Å². The minimum absolute atomic E-state index is 0.0486. The van der Waals surface area contributed by atoms with E-state index < -0.39 is 0 Å². The molecule has 0 bridgehead atoms. The Hall–Kier alpha value is -0.620. The van der Waals surface area contributed by atoms with E-state index in [1.807, 2.05) is 12.1 Å². The number of nitrogens with one attached hydrogen (secondary N) is 1. The molecule has 4 aliphatic rings. The van der Waals surface area contributed by atoms with E-state index in [4.69, 9.17) is 17.3 Å². The molecule has 4 nitrogen and oxygen atoms in total. The van der Waals surface area contributed by atoms with Gasteiger partial charge in [-0.05, 0) is 116 Å². The van der Waals surface area contributed by atoms with E-state index in [1.165, 1.54) is 25.7 Å². The molecule has 1 amide bonds. The van der Waals surface area contributed by atoms with Crippen LogP contribution < -0.4 is 11.1 Å². The maximum Gasteiger partial charge on any atom is 0.220 e. The molecule has 4 N–H and O–H groups in total. The van der Waals surface area contributed by atoms with E-state index in [9.17, 15) is 9.90 Å². The molecule has 4 saturated carbocycles. The summed E-state index contributed by atoms with van der Waals surface area (Å²) in [6, 6.07) is 4.26. The zero-order chi connectivity index (χ0) is 25.8. The fourth-order valence-corrected chi connectivity index (χ4v) is 11.0. The van der Waals surface area contributed by atoms with Crippen molar-refractivity contribution in [3.05, 3.63) is 21.3 Å². The molecule has 5 rings (SSSR count). The Balaban J connectivity index is 1.27. The van der Waals surface area contributed by atoms with Gasteiger partial charge < -0.3 is 16.2 Å². The van der Waals surface area contributed by atoms with Gasteiger partial charge in [0.05, 0.1) is 16.5 Å². The Morgan fingerprint density at radius 1 is 1.17 bits per heavy atom. The first kappa shape index (κ1) is 27.0. The number of rotatable bonds is 6. The van der Waals surface area contributed by atoms with Gasteiger partial charge in [-0.3, -0.25) is 4.79 Å². The summed E-state index contributed by atoms with van der Waals surface area (Å²) in [6.45, 7) is 9.50. The number of halogens is 1. The summed E-state index contributed by atoms with van der Waals surface area (Å²) in [5.41, 5.74) is 7.61. The minimum Gasteiger partial charge on any atom is -0.393 e. The number of hydrogen-bond donors (Lipinski definition) is 3. The number of amides is 1. The molecule has 6 heteroatoms. The second kappa shape index (κ2) is 10.2. The SMILES string of the molecule is CC[C@@H](NC(=O)C[C@@H](C)C1CC[C@H]2[C@@H]3[C@H](N)C[C@@H]4C[C@H](O)CC[C@]4(C)[C@H]3CC[C@]12C)c1ccc(Cl)s1. The molecule has 1 unspecified atom stereocenters. The summed E-state index contributed by atoms with van der Waals surface area (Å²) in [5, 5.41) is 13.7. The highest BCUT2D eigenvalue weighted by Crippen LogP contribution is 2.68. The first-order valence-corrected chi connectivity index (χ1v) is 15.7. The molecule has 1 aromatic rings. The van der Waals surface area contributed by atoms with E-state index in [0.29, 0.717) is 47.3 Å². The van der Waals surface area contributed by atoms with Gasteiger partial charge in [-0.1, -0.05) is 39.3 Å². The lowest BCUT2D eigenvalue weighted by atomic mass is 9.43. The number of fused-ring (bicyclic) bond motifs is 5. The number of aliphatic hydroxyl groups excluding tert-OH is 1. The van der Waals surface area contributed by atoms with Gasteiger partial charge in [-0.25, -0.2) is 0 Å². The summed E-state index contributed by atoms with van der Waals surface area (Å²) >= 11 is 7.71. The summed E-state index contributed by atoms with van der Waals surface area (Å²) in [4.78, 5) is 14.3. The first-order valence-electron chi connectivity index (χ1n) is 14.5. The molecule has 0 spiro atoms. The van der Waals surface area contributed by atoms with Crippen LogP contribution in [0.25, 0.3) is 0 Å². The summed E-state index contributed by atoms with van der Waals surface area (Å²) < 4.78 is 0.775. The minimum atomic E-state index is -0.132. The smallest absolute Gasteiger partial charge is 0.220 e. The van der Waals surface area contributed by atoms with Crippen LogP contribution >= 0.6 is 22.9 Å². The topological polar surface area (TPSA) is 75.4 Å². The predicted molar refractivity (Wildman–Crippen MR) is 149 cm³/mol. The summed E-state index contributed by atoms with van der Waals surface area (Å²) in [6.07, 6.45) is 10.5. The maximum atomic E-state index is 13.2. The highest BCUT2D eigenvalue weighted by atomic mass is 35.5. The maximum absolute atomic E-state index is 13.2. The van der Waals surface area contributed by atoms with Crippen molar-refractivity contribution in [2.75, 3.05) is 0 Å². The lowest BCUT2D eigenvalue weighted by Crippen LogP contribution is -2.60. The fraction of sp³-hybridized carbons (Fsp3) is 0.833. The molecular weight excluding hydrogens is 488 g/mol. The van der Waals surface area contributed by atoms with Gasteiger partial charge >= 0.3 is 0 Å². The molecule has 0 radical (unpaired) electrons. The van der Waals surface area contributed by atoms with E-state index >= 15 is 0 Å². The van der Waals surface area contributed by atoms with Crippen LogP contribution in [0.1, 0.15) is 103 Å². The van der Waals surface area contributed by atoms with Crippen LogP contribution in [0.15, 0.2) is 12.1 Å². The first-order chi connectivity index (χ1) is 17.1. The zero-order valence-corrected chi connectivity index (χ0v) is 24.2. The zero-order valence-electron chi connectivity index (χ0n) is 22.6. The largest absolute Gasteiger partial charge is 0.393 e. The Morgan fingerprint density at radius 3 is 2.58 bits per heavy atom. The van der Waals surface area contributed by atoms with E-state index in [2.05, 4.69) is 33.0 Å². The molecule has 0 aromatic carbocycles. The van der Waals surface area contributed by atoms with Gasteiger partial charge in [0.25, 0.3) is 0 Å². The Morgan fingerprint density at radius 2 is 1.89 bits per heavy atom. The highest BCUT2D eigenvalue weighted by molar-refractivity contribution is 7.16. The van der Waals surface area contributed by atoms with Gasteiger partial charge in [-0.2, -0.15) is 0 Å². The summed E-state index contributed by atoms with van der Waals surface area (Å²) in [5.74, 6) is 3.65. The van der Waals surface area contributed by atoms with Crippen molar-refractivity contribution in [1.29, 1.82) is 0 Å². The van der Waals surface area contributed by atoms with Gasteiger partial charge in [0, 0.05) is 17.3 Å². The molecule has 0 saturated heterocycles. The van der Waals surface area contributed by atoms with E-state index in [-0.39, 0.29) is 29.5 Å². The molecular formula is C30H47ClN2O2S. The molecule has 0 aliphatic heterocycles. The lowest BCUT2D eigenvalue weighted by Gasteiger charge is -2.63. The third-order valence-electron chi connectivity index (χ3n) is 11.7. The molecule has 11 atom stereocenters. The average molecular weight is 535 g/mol. The van der Waals surface area contributed by atoms with Gasteiger partial charge in [0.2, 0.25) is 5.91 Å².